The second kappa shape index (κ2) is 8.25. The Kier molecular flexibility index (Phi) is 5.94. The molecule has 0 fully saturated rings. The van der Waals surface area contributed by atoms with Gasteiger partial charge in [-0.25, -0.2) is 4.39 Å². The number of halogens is 2. The van der Waals surface area contributed by atoms with E-state index in [1.54, 1.807) is 32.0 Å². The predicted octanol–water partition coefficient (Wildman–Crippen LogP) is 5.02. The number of fused-ring (bicyclic) bond motifs is 1. The Labute approximate surface area is 172 Å². The van der Waals surface area contributed by atoms with Crippen molar-refractivity contribution >= 4 is 34.4 Å². The first kappa shape index (κ1) is 20.9. The zero-order valence-corrected chi connectivity index (χ0v) is 17.1. The molecule has 1 aromatic heterocycles. The van der Waals surface area contributed by atoms with E-state index in [1.165, 1.54) is 16.7 Å². The zero-order chi connectivity index (χ0) is 21.3. The molecule has 5 nitrogen and oxygen atoms in total. The summed E-state index contributed by atoms with van der Waals surface area (Å²) in [6.45, 7) is 5.36. The molecule has 1 heterocycles. The van der Waals surface area contributed by atoms with E-state index >= 15 is 0 Å². The molecule has 0 radical (unpaired) electrons. The van der Waals surface area contributed by atoms with Crippen LogP contribution in [0.15, 0.2) is 36.4 Å². The molecule has 152 valence electrons. The first-order valence-electron chi connectivity index (χ1n) is 9.25. The van der Waals surface area contributed by atoms with E-state index in [0.717, 1.165) is 6.07 Å². The summed E-state index contributed by atoms with van der Waals surface area (Å²) < 4.78 is 20.8. The summed E-state index contributed by atoms with van der Waals surface area (Å²) in [4.78, 5) is 25.5. The van der Waals surface area contributed by atoms with Crippen LogP contribution < -0.4 is 0 Å². The highest BCUT2D eigenvalue weighted by Crippen LogP contribution is 2.32. The molecule has 0 amide bonds. The Morgan fingerprint density at radius 3 is 2.66 bits per heavy atom. The standard InChI is InChI=1S/C22H21ClFNO4/c1-4-12(2)29-21(27)10-16-13(3)25(19-11-18(24)20(26)9-17(16)19)22(28)14-6-5-7-15(23)8-14/h5-9,11-12,26H,4,10H2,1-3H3/t12-/m1/s1. The fraction of sp³-hybridized carbons (Fsp3) is 0.273. The van der Waals surface area contributed by atoms with Gasteiger partial charge in [0.15, 0.2) is 11.6 Å². The number of hydrogen-bond donors (Lipinski definition) is 1. The molecule has 0 bridgehead atoms. The van der Waals surface area contributed by atoms with Gasteiger partial charge in [0.25, 0.3) is 5.91 Å². The van der Waals surface area contributed by atoms with Crippen molar-refractivity contribution in [3.63, 3.8) is 0 Å². The lowest BCUT2D eigenvalue weighted by atomic mass is 10.1. The molecule has 0 aliphatic heterocycles. The summed E-state index contributed by atoms with van der Waals surface area (Å²) in [5.41, 5.74) is 1.55. The number of aromatic nitrogens is 1. The van der Waals surface area contributed by atoms with E-state index in [-0.39, 0.29) is 18.0 Å². The molecule has 0 spiro atoms. The van der Waals surface area contributed by atoms with Crippen LogP contribution in [0.25, 0.3) is 10.9 Å². The van der Waals surface area contributed by atoms with Crippen molar-refractivity contribution in [3.8, 4) is 5.75 Å². The Balaban J connectivity index is 2.15. The quantitative estimate of drug-likeness (QED) is 0.592. The van der Waals surface area contributed by atoms with E-state index in [1.807, 2.05) is 6.92 Å². The van der Waals surface area contributed by atoms with Gasteiger partial charge in [-0.3, -0.25) is 14.2 Å². The first-order chi connectivity index (χ1) is 13.7. The summed E-state index contributed by atoms with van der Waals surface area (Å²) in [6.07, 6.45) is 0.328. The molecule has 1 N–H and O–H groups in total. The fourth-order valence-electron chi connectivity index (χ4n) is 3.22. The van der Waals surface area contributed by atoms with Gasteiger partial charge in [-0.2, -0.15) is 0 Å². The van der Waals surface area contributed by atoms with Crippen molar-refractivity contribution < 1.29 is 23.8 Å². The average molecular weight is 418 g/mol. The van der Waals surface area contributed by atoms with Crippen LogP contribution in [0.1, 0.15) is 41.9 Å². The second-order valence-corrected chi connectivity index (χ2v) is 7.36. The summed E-state index contributed by atoms with van der Waals surface area (Å²) in [5.74, 6) is -2.28. The number of rotatable bonds is 5. The Morgan fingerprint density at radius 1 is 1.28 bits per heavy atom. The van der Waals surface area contributed by atoms with Crippen LogP contribution in [0.2, 0.25) is 5.02 Å². The van der Waals surface area contributed by atoms with E-state index < -0.39 is 23.4 Å². The van der Waals surface area contributed by atoms with Crippen LogP contribution in [0.4, 0.5) is 4.39 Å². The molecule has 0 saturated heterocycles. The van der Waals surface area contributed by atoms with Crippen molar-refractivity contribution in [1.29, 1.82) is 0 Å². The highest BCUT2D eigenvalue weighted by Gasteiger charge is 2.24. The number of ether oxygens (including phenoxy) is 1. The maximum atomic E-state index is 14.1. The van der Waals surface area contributed by atoms with Gasteiger partial charge in [0.2, 0.25) is 0 Å². The smallest absolute Gasteiger partial charge is 0.310 e. The molecule has 0 unspecified atom stereocenters. The summed E-state index contributed by atoms with van der Waals surface area (Å²) >= 11 is 6.00. The molecule has 0 aliphatic rings. The number of hydrogen-bond acceptors (Lipinski definition) is 4. The monoisotopic (exact) mass is 417 g/mol. The minimum atomic E-state index is -0.858. The van der Waals surface area contributed by atoms with Gasteiger partial charge in [-0.15, -0.1) is 0 Å². The molecule has 0 saturated carbocycles. The van der Waals surface area contributed by atoms with Gasteiger partial charge in [0, 0.05) is 27.7 Å². The van der Waals surface area contributed by atoms with E-state index in [4.69, 9.17) is 16.3 Å². The van der Waals surface area contributed by atoms with E-state index in [9.17, 15) is 19.1 Å². The Morgan fingerprint density at radius 2 is 2.00 bits per heavy atom. The van der Waals surface area contributed by atoms with Crippen LogP contribution in [0.3, 0.4) is 0 Å². The van der Waals surface area contributed by atoms with Gasteiger partial charge in [-0.05, 0) is 50.1 Å². The lowest BCUT2D eigenvalue weighted by Gasteiger charge is -2.11. The van der Waals surface area contributed by atoms with Crippen LogP contribution in [-0.2, 0) is 16.0 Å². The Bertz CT molecular complexity index is 1110. The molecule has 3 aromatic rings. The molecule has 1 atom stereocenters. The van der Waals surface area contributed by atoms with Crippen LogP contribution >= 0.6 is 11.6 Å². The lowest BCUT2D eigenvalue weighted by molar-refractivity contribution is -0.147. The van der Waals surface area contributed by atoms with Crippen molar-refractivity contribution in [3.05, 3.63) is 64.1 Å². The highest BCUT2D eigenvalue weighted by molar-refractivity contribution is 6.31. The number of phenolic OH excluding ortho intramolecular Hbond substituents is 1. The van der Waals surface area contributed by atoms with Gasteiger partial charge in [0.05, 0.1) is 18.0 Å². The van der Waals surface area contributed by atoms with E-state index in [0.29, 0.717) is 33.7 Å². The minimum absolute atomic E-state index is 0.104. The number of esters is 1. The maximum Gasteiger partial charge on any atom is 0.310 e. The summed E-state index contributed by atoms with van der Waals surface area (Å²) in [6, 6.07) is 8.73. The molecule has 7 heteroatoms. The van der Waals surface area contributed by atoms with Crippen LogP contribution in [0, 0.1) is 12.7 Å². The highest BCUT2D eigenvalue weighted by atomic mass is 35.5. The normalized spacial score (nSPS) is 12.2. The Hall–Kier alpha value is -2.86. The van der Waals surface area contributed by atoms with Gasteiger partial charge in [-0.1, -0.05) is 24.6 Å². The average Bonchev–Trinajstić information content (AvgIpc) is 2.92. The number of aromatic hydroxyl groups is 1. The molecule has 29 heavy (non-hydrogen) atoms. The van der Waals surface area contributed by atoms with E-state index in [2.05, 4.69) is 0 Å². The van der Waals surface area contributed by atoms with Crippen LogP contribution in [0.5, 0.6) is 5.75 Å². The van der Waals surface area contributed by atoms with Gasteiger partial charge in [0.1, 0.15) is 0 Å². The third kappa shape index (κ3) is 4.12. The number of nitrogens with zero attached hydrogens (tertiary/aromatic N) is 1. The number of phenols is 1. The van der Waals surface area contributed by atoms with Crippen molar-refractivity contribution in [2.45, 2.75) is 39.7 Å². The maximum absolute atomic E-state index is 14.1. The van der Waals surface area contributed by atoms with Crippen molar-refractivity contribution in [2.75, 3.05) is 0 Å². The third-order valence-electron chi connectivity index (χ3n) is 4.91. The second-order valence-electron chi connectivity index (χ2n) is 6.92. The molecular weight excluding hydrogens is 397 g/mol. The molecule has 2 aromatic carbocycles. The van der Waals surface area contributed by atoms with Crippen molar-refractivity contribution in [2.24, 2.45) is 0 Å². The molecule has 0 aliphatic carbocycles. The third-order valence-corrected chi connectivity index (χ3v) is 5.14. The fourth-order valence-corrected chi connectivity index (χ4v) is 3.41. The predicted molar refractivity (Wildman–Crippen MR) is 109 cm³/mol. The summed E-state index contributed by atoms with van der Waals surface area (Å²) in [7, 11) is 0. The first-order valence-corrected chi connectivity index (χ1v) is 9.62. The largest absolute Gasteiger partial charge is 0.505 e. The van der Waals surface area contributed by atoms with Crippen LogP contribution in [-0.4, -0.2) is 27.7 Å². The number of carbonyl (C=O) groups excluding carboxylic acids is 2. The topological polar surface area (TPSA) is 68.5 Å². The SMILES string of the molecule is CC[C@@H](C)OC(=O)Cc1c(C)n(C(=O)c2cccc(Cl)c2)c2cc(F)c(O)cc12. The molecule has 3 rings (SSSR count). The minimum Gasteiger partial charge on any atom is -0.505 e. The van der Waals surface area contributed by atoms with Gasteiger partial charge >= 0.3 is 5.97 Å². The van der Waals surface area contributed by atoms with Gasteiger partial charge < -0.3 is 9.84 Å². The molecular formula is C22H21ClFNO4. The number of benzene rings is 2. The van der Waals surface area contributed by atoms with Crippen molar-refractivity contribution in [1.82, 2.24) is 4.57 Å². The number of carbonyl (C=O) groups is 2. The lowest BCUT2D eigenvalue weighted by Crippen LogP contribution is -2.17. The summed E-state index contributed by atoms with van der Waals surface area (Å²) in [5, 5.41) is 10.7. The zero-order valence-electron chi connectivity index (χ0n) is 16.3.